The number of nitrogen functional groups attached to an aromatic ring is 1. The molecule has 0 saturated carbocycles. The summed E-state index contributed by atoms with van der Waals surface area (Å²) in [5.41, 5.74) is 7.64. The second kappa shape index (κ2) is 4.14. The molecule has 72 valence electrons. The van der Waals surface area contributed by atoms with Crippen LogP contribution in [-0.2, 0) is 0 Å². The number of rotatable bonds is 3. The summed E-state index contributed by atoms with van der Waals surface area (Å²) in [6.07, 6.45) is 0. The van der Waals surface area contributed by atoms with Crippen molar-refractivity contribution < 1.29 is 4.74 Å². The molecule has 1 rings (SSSR count). The summed E-state index contributed by atoms with van der Waals surface area (Å²) < 4.78 is 5.23. The van der Waals surface area contributed by atoms with Gasteiger partial charge in [-0.1, -0.05) is 6.07 Å². The number of nitrogens with two attached hydrogens (primary N) is 1. The minimum atomic E-state index is 0.205. The first kappa shape index (κ1) is 9.86. The van der Waals surface area contributed by atoms with Crippen molar-refractivity contribution in [1.29, 1.82) is 0 Å². The fourth-order valence-electron chi connectivity index (χ4n) is 1.35. The van der Waals surface area contributed by atoms with Crippen LogP contribution in [0.5, 0.6) is 5.75 Å². The monoisotopic (exact) mass is 180 g/mol. The number of benzene rings is 1. The molecule has 0 unspecified atom stereocenters. The second-order valence-corrected chi connectivity index (χ2v) is 2.97. The molecule has 0 aliphatic rings. The highest BCUT2D eigenvalue weighted by Crippen LogP contribution is 2.29. The Morgan fingerprint density at radius 1 is 1.46 bits per heavy atom. The summed E-state index contributed by atoms with van der Waals surface area (Å²) in [5, 5.41) is 3.14. The maximum atomic E-state index is 5.85. The molecule has 1 aromatic rings. The molecule has 3 heteroatoms. The Balaban J connectivity index is 3.14. The number of methoxy groups -OCH3 is 1. The highest BCUT2D eigenvalue weighted by atomic mass is 16.5. The van der Waals surface area contributed by atoms with Gasteiger partial charge in [0.05, 0.1) is 7.11 Å². The van der Waals surface area contributed by atoms with Crippen molar-refractivity contribution in [3.05, 3.63) is 23.8 Å². The summed E-state index contributed by atoms with van der Waals surface area (Å²) in [6.45, 7) is 2.05. The molecule has 13 heavy (non-hydrogen) atoms. The van der Waals surface area contributed by atoms with Crippen molar-refractivity contribution in [2.45, 2.75) is 13.0 Å². The summed E-state index contributed by atoms with van der Waals surface area (Å²) in [7, 11) is 3.55. The van der Waals surface area contributed by atoms with Crippen molar-refractivity contribution in [2.24, 2.45) is 0 Å². The molecule has 3 N–H and O–H groups in total. The van der Waals surface area contributed by atoms with Crippen LogP contribution in [0.4, 0.5) is 5.69 Å². The van der Waals surface area contributed by atoms with Gasteiger partial charge in [0, 0.05) is 17.3 Å². The maximum absolute atomic E-state index is 5.85. The lowest BCUT2D eigenvalue weighted by atomic mass is 10.1. The van der Waals surface area contributed by atoms with E-state index in [0.29, 0.717) is 0 Å². The van der Waals surface area contributed by atoms with Crippen LogP contribution in [0.15, 0.2) is 18.2 Å². The van der Waals surface area contributed by atoms with Gasteiger partial charge in [-0.3, -0.25) is 0 Å². The predicted molar refractivity (Wildman–Crippen MR) is 54.9 cm³/mol. The van der Waals surface area contributed by atoms with Crippen molar-refractivity contribution >= 4 is 5.69 Å². The van der Waals surface area contributed by atoms with Crippen LogP contribution < -0.4 is 15.8 Å². The number of hydrogen-bond donors (Lipinski definition) is 2. The molecule has 0 bridgehead atoms. The first-order chi connectivity index (χ1) is 6.20. The Morgan fingerprint density at radius 2 is 2.15 bits per heavy atom. The lowest BCUT2D eigenvalue weighted by molar-refractivity contribution is 0.404. The third kappa shape index (κ3) is 1.92. The average molecular weight is 180 g/mol. The zero-order chi connectivity index (χ0) is 9.84. The molecule has 1 atom stereocenters. The number of nitrogens with one attached hydrogen (secondary N) is 1. The van der Waals surface area contributed by atoms with Gasteiger partial charge < -0.3 is 15.8 Å². The van der Waals surface area contributed by atoms with E-state index in [4.69, 9.17) is 10.5 Å². The summed E-state index contributed by atoms with van der Waals surface area (Å²) in [5.74, 6) is 0.835. The van der Waals surface area contributed by atoms with Crippen LogP contribution in [0.2, 0.25) is 0 Å². The lowest BCUT2D eigenvalue weighted by Gasteiger charge is -2.16. The summed E-state index contributed by atoms with van der Waals surface area (Å²) in [6, 6.07) is 5.89. The van der Waals surface area contributed by atoms with Gasteiger partial charge in [0.15, 0.2) is 0 Å². The van der Waals surface area contributed by atoms with E-state index in [9.17, 15) is 0 Å². The van der Waals surface area contributed by atoms with Crippen molar-refractivity contribution in [2.75, 3.05) is 19.9 Å². The Morgan fingerprint density at radius 3 is 2.69 bits per heavy atom. The zero-order valence-electron chi connectivity index (χ0n) is 8.29. The zero-order valence-corrected chi connectivity index (χ0v) is 8.29. The average Bonchev–Trinajstić information content (AvgIpc) is 2.16. The van der Waals surface area contributed by atoms with Gasteiger partial charge in [-0.2, -0.15) is 0 Å². The van der Waals surface area contributed by atoms with E-state index in [2.05, 4.69) is 5.32 Å². The minimum Gasteiger partial charge on any atom is -0.496 e. The van der Waals surface area contributed by atoms with Gasteiger partial charge in [-0.15, -0.1) is 0 Å². The van der Waals surface area contributed by atoms with Crippen LogP contribution >= 0.6 is 0 Å². The molecule has 0 fully saturated rings. The molecular formula is C10H16N2O. The first-order valence-electron chi connectivity index (χ1n) is 4.30. The van der Waals surface area contributed by atoms with Crippen molar-refractivity contribution in [3.8, 4) is 5.75 Å². The second-order valence-electron chi connectivity index (χ2n) is 2.97. The molecule has 0 heterocycles. The van der Waals surface area contributed by atoms with Crippen LogP contribution in [0.1, 0.15) is 18.5 Å². The van der Waals surface area contributed by atoms with Gasteiger partial charge in [-0.25, -0.2) is 0 Å². The van der Waals surface area contributed by atoms with E-state index in [1.54, 1.807) is 7.11 Å². The molecule has 0 aliphatic heterocycles. The molecule has 0 saturated heterocycles. The molecule has 0 amide bonds. The molecule has 0 aromatic heterocycles. The standard InChI is InChI=1S/C10H16N2O/c1-7(12-2)10-8(11)5-4-6-9(10)13-3/h4-7,12H,11H2,1-3H3/t7-/m0/s1. The van der Waals surface area contributed by atoms with Crippen LogP contribution in [0.3, 0.4) is 0 Å². The van der Waals surface area contributed by atoms with Crippen LogP contribution in [-0.4, -0.2) is 14.2 Å². The van der Waals surface area contributed by atoms with E-state index in [-0.39, 0.29) is 6.04 Å². The van der Waals surface area contributed by atoms with Gasteiger partial charge in [0.25, 0.3) is 0 Å². The third-order valence-electron chi connectivity index (χ3n) is 2.19. The predicted octanol–water partition coefficient (Wildman–Crippen LogP) is 1.56. The van der Waals surface area contributed by atoms with Gasteiger partial charge in [-0.05, 0) is 26.1 Å². The van der Waals surface area contributed by atoms with Crippen LogP contribution in [0, 0.1) is 0 Å². The number of anilines is 1. The van der Waals surface area contributed by atoms with E-state index in [1.165, 1.54) is 0 Å². The van der Waals surface area contributed by atoms with E-state index >= 15 is 0 Å². The summed E-state index contributed by atoms with van der Waals surface area (Å²) >= 11 is 0. The Labute approximate surface area is 78.9 Å². The quantitative estimate of drug-likeness (QED) is 0.694. The molecule has 1 aromatic carbocycles. The van der Waals surface area contributed by atoms with Gasteiger partial charge in [0.2, 0.25) is 0 Å². The highest BCUT2D eigenvalue weighted by Gasteiger charge is 2.12. The van der Waals surface area contributed by atoms with E-state index < -0.39 is 0 Å². The van der Waals surface area contributed by atoms with Crippen LogP contribution in [0.25, 0.3) is 0 Å². The SMILES string of the molecule is CN[C@@H](C)c1c(N)cccc1OC. The first-order valence-corrected chi connectivity index (χ1v) is 4.30. The van der Waals surface area contributed by atoms with E-state index in [1.807, 2.05) is 32.2 Å². The number of hydrogen-bond acceptors (Lipinski definition) is 3. The molecule has 0 aliphatic carbocycles. The topological polar surface area (TPSA) is 47.3 Å². The molecule has 0 spiro atoms. The summed E-state index contributed by atoms with van der Waals surface area (Å²) in [4.78, 5) is 0. The van der Waals surface area contributed by atoms with Crippen molar-refractivity contribution in [1.82, 2.24) is 5.32 Å². The molecular weight excluding hydrogens is 164 g/mol. The largest absolute Gasteiger partial charge is 0.496 e. The van der Waals surface area contributed by atoms with Gasteiger partial charge >= 0.3 is 0 Å². The smallest absolute Gasteiger partial charge is 0.125 e. The fourth-order valence-corrected chi connectivity index (χ4v) is 1.35. The fraction of sp³-hybridized carbons (Fsp3) is 0.400. The molecule has 0 radical (unpaired) electrons. The third-order valence-corrected chi connectivity index (χ3v) is 2.19. The van der Waals surface area contributed by atoms with Crippen molar-refractivity contribution in [3.63, 3.8) is 0 Å². The Hall–Kier alpha value is -1.22. The minimum absolute atomic E-state index is 0.205. The highest BCUT2D eigenvalue weighted by molar-refractivity contribution is 5.55. The number of ether oxygens (including phenoxy) is 1. The Kier molecular flexibility index (Phi) is 3.14. The maximum Gasteiger partial charge on any atom is 0.125 e. The van der Waals surface area contributed by atoms with Gasteiger partial charge in [0.1, 0.15) is 5.75 Å². The molecule has 3 nitrogen and oxygen atoms in total. The Bertz CT molecular complexity index is 286. The van der Waals surface area contributed by atoms with E-state index in [0.717, 1.165) is 17.0 Å². The lowest BCUT2D eigenvalue weighted by Crippen LogP contribution is -2.15. The normalized spacial score (nSPS) is 12.5.